The summed E-state index contributed by atoms with van der Waals surface area (Å²) in [6.07, 6.45) is -0.223. The molecule has 1 aromatic rings. The molecule has 0 amide bonds. The van der Waals surface area contributed by atoms with Crippen LogP contribution in [0.5, 0.6) is 0 Å². The van der Waals surface area contributed by atoms with Crippen molar-refractivity contribution in [2.24, 2.45) is 0 Å². The normalized spacial score (nSPS) is 26.1. The van der Waals surface area contributed by atoms with Gasteiger partial charge in [-0.25, -0.2) is 9.59 Å². The minimum atomic E-state index is -1.17. The number of carbonyl (C=O) groups excluding carboxylic acids is 3. The topological polar surface area (TPSA) is 78.9 Å². The highest BCUT2D eigenvalue weighted by atomic mass is 16.6. The summed E-state index contributed by atoms with van der Waals surface area (Å²) in [6.45, 7) is 0. The molecular weight excluding hydrogens is 312 g/mol. The van der Waals surface area contributed by atoms with E-state index in [1.54, 1.807) is 0 Å². The lowest BCUT2D eigenvalue weighted by atomic mass is 9.79. The molecule has 0 N–H and O–H groups in total. The number of hydrogen-bond donors (Lipinski definition) is 0. The van der Waals surface area contributed by atoms with Crippen molar-refractivity contribution in [1.29, 1.82) is 0 Å². The van der Waals surface area contributed by atoms with Gasteiger partial charge in [-0.05, 0) is 12.0 Å². The van der Waals surface area contributed by atoms with Crippen LogP contribution in [0.4, 0.5) is 0 Å². The first-order chi connectivity index (χ1) is 11.5. The molecule has 1 aromatic carbocycles. The van der Waals surface area contributed by atoms with Gasteiger partial charge in [0.2, 0.25) is 0 Å². The van der Waals surface area contributed by atoms with E-state index in [0.29, 0.717) is 5.56 Å². The standard InChI is InChI=1S/C18H18O6/c1-22-16(20)14-13-10-12(19)8-9-18(24-13,15(14)17(21)23-2)11-6-4-3-5-7-11/h3-7,13H,8-10H2,1-2H3. The predicted molar refractivity (Wildman–Crippen MR) is 82.9 cm³/mol. The number of hydrogen-bond acceptors (Lipinski definition) is 6. The second-order valence-electron chi connectivity index (χ2n) is 5.81. The van der Waals surface area contributed by atoms with Crippen LogP contribution in [0.2, 0.25) is 0 Å². The highest BCUT2D eigenvalue weighted by Crippen LogP contribution is 2.50. The first-order valence-electron chi connectivity index (χ1n) is 7.70. The number of Topliss-reactive ketones (excluding diaryl/α,β-unsaturated/α-hetero) is 1. The van der Waals surface area contributed by atoms with E-state index >= 15 is 0 Å². The van der Waals surface area contributed by atoms with E-state index in [2.05, 4.69) is 0 Å². The van der Waals surface area contributed by atoms with E-state index < -0.39 is 23.6 Å². The number of methoxy groups -OCH3 is 2. The molecule has 2 unspecified atom stereocenters. The summed E-state index contributed by atoms with van der Waals surface area (Å²) in [5.74, 6) is -1.33. The van der Waals surface area contributed by atoms with E-state index in [0.717, 1.165) is 0 Å². The summed E-state index contributed by atoms with van der Waals surface area (Å²) in [5.41, 5.74) is -0.236. The molecule has 24 heavy (non-hydrogen) atoms. The molecule has 1 saturated heterocycles. The Labute approximate surface area is 139 Å². The molecule has 2 atom stereocenters. The van der Waals surface area contributed by atoms with Crippen LogP contribution in [0.25, 0.3) is 0 Å². The van der Waals surface area contributed by atoms with E-state index in [1.807, 2.05) is 30.3 Å². The highest BCUT2D eigenvalue weighted by Gasteiger charge is 2.55. The number of rotatable bonds is 3. The molecule has 2 aliphatic heterocycles. The van der Waals surface area contributed by atoms with Gasteiger partial charge in [0.05, 0.1) is 31.5 Å². The van der Waals surface area contributed by atoms with Crippen molar-refractivity contribution >= 4 is 17.7 Å². The van der Waals surface area contributed by atoms with Crippen LogP contribution >= 0.6 is 0 Å². The number of esters is 2. The van der Waals surface area contributed by atoms with E-state index in [1.165, 1.54) is 14.2 Å². The van der Waals surface area contributed by atoms with Crippen LogP contribution in [-0.2, 0) is 34.2 Å². The zero-order valence-corrected chi connectivity index (χ0v) is 13.5. The van der Waals surface area contributed by atoms with Gasteiger partial charge in [0.15, 0.2) is 0 Å². The van der Waals surface area contributed by atoms with Crippen molar-refractivity contribution in [3.63, 3.8) is 0 Å². The average molecular weight is 330 g/mol. The van der Waals surface area contributed by atoms with Gasteiger partial charge in [0.25, 0.3) is 0 Å². The van der Waals surface area contributed by atoms with Gasteiger partial charge in [0.1, 0.15) is 11.4 Å². The zero-order valence-electron chi connectivity index (χ0n) is 13.5. The van der Waals surface area contributed by atoms with Crippen LogP contribution in [0.15, 0.2) is 41.5 Å². The van der Waals surface area contributed by atoms with Crippen LogP contribution < -0.4 is 0 Å². The number of carbonyl (C=O) groups is 3. The van der Waals surface area contributed by atoms with Gasteiger partial charge in [-0.3, -0.25) is 4.79 Å². The van der Waals surface area contributed by atoms with Crippen LogP contribution in [0.1, 0.15) is 24.8 Å². The minimum Gasteiger partial charge on any atom is -0.466 e. The smallest absolute Gasteiger partial charge is 0.337 e. The van der Waals surface area contributed by atoms with E-state index in [4.69, 9.17) is 14.2 Å². The molecule has 0 aromatic heterocycles. The van der Waals surface area contributed by atoms with Crippen LogP contribution in [-0.4, -0.2) is 38.0 Å². The number of fused-ring (bicyclic) bond motifs is 2. The molecule has 0 spiro atoms. The van der Waals surface area contributed by atoms with Gasteiger partial charge >= 0.3 is 11.9 Å². The fraction of sp³-hybridized carbons (Fsp3) is 0.389. The van der Waals surface area contributed by atoms with Crippen molar-refractivity contribution in [3.05, 3.63) is 47.0 Å². The van der Waals surface area contributed by atoms with Crippen molar-refractivity contribution in [2.45, 2.75) is 31.0 Å². The third kappa shape index (κ3) is 2.43. The van der Waals surface area contributed by atoms with Gasteiger partial charge in [-0.2, -0.15) is 0 Å². The number of ketones is 1. The third-order valence-corrected chi connectivity index (χ3v) is 4.54. The SMILES string of the molecule is COC(=O)C1=C(C(=O)OC)C2(c3ccccc3)CCC(=O)CC1O2. The Hall–Kier alpha value is -2.47. The van der Waals surface area contributed by atoms with Crippen molar-refractivity contribution in [1.82, 2.24) is 0 Å². The lowest BCUT2D eigenvalue weighted by molar-refractivity contribution is -0.140. The fourth-order valence-corrected chi connectivity index (χ4v) is 3.48. The molecule has 2 aliphatic rings. The zero-order chi connectivity index (χ0) is 17.3. The summed E-state index contributed by atoms with van der Waals surface area (Å²) >= 11 is 0. The number of ether oxygens (including phenoxy) is 3. The van der Waals surface area contributed by atoms with Crippen LogP contribution in [0.3, 0.4) is 0 Å². The van der Waals surface area contributed by atoms with Gasteiger partial charge < -0.3 is 14.2 Å². The molecule has 0 saturated carbocycles. The third-order valence-electron chi connectivity index (χ3n) is 4.54. The minimum absolute atomic E-state index is 0.0110. The molecule has 3 rings (SSSR count). The Balaban J connectivity index is 2.27. The van der Waals surface area contributed by atoms with Crippen molar-refractivity contribution in [2.75, 3.05) is 14.2 Å². The van der Waals surface area contributed by atoms with E-state index in [-0.39, 0.29) is 36.2 Å². The quantitative estimate of drug-likeness (QED) is 0.785. The summed E-state index contributed by atoms with van der Waals surface area (Å²) < 4.78 is 15.9. The lowest BCUT2D eigenvalue weighted by Crippen LogP contribution is -2.33. The van der Waals surface area contributed by atoms with Gasteiger partial charge in [0, 0.05) is 12.8 Å². The molecule has 6 heteroatoms. The average Bonchev–Trinajstić information content (AvgIpc) is 2.83. The maximum Gasteiger partial charge on any atom is 0.337 e. The molecule has 2 bridgehead atoms. The summed E-state index contributed by atoms with van der Waals surface area (Å²) in [5, 5.41) is 0. The largest absolute Gasteiger partial charge is 0.466 e. The highest BCUT2D eigenvalue weighted by molar-refractivity contribution is 6.04. The Kier molecular flexibility index (Phi) is 4.24. The molecular formula is C18H18O6. The predicted octanol–water partition coefficient (Wildman–Crippen LogP) is 1.68. The van der Waals surface area contributed by atoms with Gasteiger partial charge in [-0.1, -0.05) is 30.3 Å². The Bertz CT molecular complexity index is 720. The first-order valence-corrected chi connectivity index (χ1v) is 7.70. The maximum absolute atomic E-state index is 12.5. The van der Waals surface area contributed by atoms with Crippen LogP contribution in [0, 0.1) is 0 Å². The summed E-state index contributed by atoms with van der Waals surface area (Å²) in [4.78, 5) is 36.9. The first kappa shape index (κ1) is 16.4. The molecule has 1 fully saturated rings. The fourth-order valence-electron chi connectivity index (χ4n) is 3.48. The molecule has 6 nitrogen and oxygen atoms in total. The summed E-state index contributed by atoms with van der Waals surface area (Å²) in [7, 11) is 2.49. The van der Waals surface area contributed by atoms with Crippen molar-refractivity contribution < 1.29 is 28.6 Å². The summed E-state index contributed by atoms with van der Waals surface area (Å²) in [6, 6.07) is 9.11. The monoisotopic (exact) mass is 330 g/mol. The Morgan fingerprint density at radius 1 is 1.12 bits per heavy atom. The molecule has 126 valence electrons. The molecule has 0 radical (unpaired) electrons. The molecule has 0 aliphatic carbocycles. The Morgan fingerprint density at radius 2 is 1.79 bits per heavy atom. The second kappa shape index (κ2) is 6.20. The van der Waals surface area contributed by atoms with Crippen molar-refractivity contribution in [3.8, 4) is 0 Å². The lowest BCUT2D eigenvalue weighted by Gasteiger charge is -2.30. The second-order valence-corrected chi connectivity index (χ2v) is 5.81. The van der Waals surface area contributed by atoms with E-state index in [9.17, 15) is 14.4 Å². The maximum atomic E-state index is 12.5. The Morgan fingerprint density at radius 3 is 2.42 bits per heavy atom. The molecule has 2 heterocycles. The number of benzene rings is 1. The van der Waals surface area contributed by atoms with Gasteiger partial charge in [-0.15, -0.1) is 0 Å².